The Morgan fingerprint density at radius 2 is 2.04 bits per heavy atom. The lowest BCUT2D eigenvalue weighted by molar-refractivity contribution is -0.385. The zero-order valence-corrected chi connectivity index (χ0v) is 12.8. The maximum atomic E-state index is 12.9. The normalized spacial score (nSPS) is 14.2. The standard InChI is InChI=1S/C16H15F3N2O3/c1-20(15(22)7-11-5-3-2-4-6-11)13-8-12(16(17,18)19)9-14(10-13)21(23)24/h2-3,5,8-10H,4,6-7H2,1H3. The van der Waals surface area contributed by atoms with Crippen molar-refractivity contribution < 1.29 is 22.9 Å². The third kappa shape index (κ3) is 4.21. The van der Waals surface area contributed by atoms with Gasteiger partial charge in [0.05, 0.1) is 16.2 Å². The summed E-state index contributed by atoms with van der Waals surface area (Å²) in [7, 11) is 1.31. The Kier molecular flexibility index (Phi) is 5.06. The van der Waals surface area contributed by atoms with Gasteiger partial charge in [0.25, 0.3) is 5.69 Å². The van der Waals surface area contributed by atoms with Crippen LogP contribution in [0.15, 0.2) is 42.0 Å². The molecule has 1 aromatic rings. The van der Waals surface area contributed by atoms with Gasteiger partial charge in [0, 0.05) is 25.6 Å². The van der Waals surface area contributed by atoms with Crippen LogP contribution in [0.5, 0.6) is 0 Å². The van der Waals surface area contributed by atoms with Gasteiger partial charge in [0.1, 0.15) is 0 Å². The van der Waals surface area contributed by atoms with E-state index < -0.39 is 28.3 Å². The van der Waals surface area contributed by atoms with E-state index >= 15 is 0 Å². The van der Waals surface area contributed by atoms with Crippen LogP contribution in [0.2, 0.25) is 0 Å². The molecule has 0 radical (unpaired) electrons. The number of amides is 1. The van der Waals surface area contributed by atoms with Crippen LogP contribution in [0.4, 0.5) is 24.5 Å². The molecule has 0 fully saturated rings. The predicted octanol–water partition coefficient (Wildman–Crippen LogP) is 4.24. The minimum atomic E-state index is -4.73. The van der Waals surface area contributed by atoms with E-state index in [2.05, 4.69) is 0 Å². The van der Waals surface area contributed by atoms with Gasteiger partial charge in [0.2, 0.25) is 5.91 Å². The van der Waals surface area contributed by atoms with Gasteiger partial charge in [-0.05, 0) is 18.9 Å². The summed E-state index contributed by atoms with van der Waals surface area (Å²) < 4.78 is 38.7. The second kappa shape index (κ2) is 6.86. The van der Waals surface area contributed by atoms with Gasteiger partial charge in [-0.15, -0.1) is 0 Å². The average Bonchev–Trinajstić information content (AvgIpc) is 2.53. The number of nitrogens with zero attached hydrogens (tertiary/aromatic N) is 2. The van der Waals surface area contributed by atoms with Crippen molar-refractivity contribution in [2.75, 3.05) is 11.9 Å². The zero-order valence-electron chi connectivity index (χ0n) is 12.8. The lowest BCUT2D eigenvalue weighted by Gasteiger charge is -2.20. The first-order chi connectivity index (χ1) is 11.2. The monoisotopic (exact) mass is 340 g/mol. The summed E-state index contributed by atoms with van der Waals surface area (Å²) in [5, 5.41) is 10.9. The van der Waals surface area contributed by atoms with E-state index in [0.717, 1.165) is 29.0 Å². The minimum Gasteiger partial charge on any atom is -0.315 e. The predicted molar refractivity (Wildman–Crippen MR) is 82.6 cm³/mol. The molecule has 0 saturated heterocycles. The summed E-state index contributed by atoms with van der Waals surface area (Å²) in [5.41, 5.74) is -1.16. The number of anilines is 1. The number of alkyl halides is 3. The van der Waals surface area contributed by atoms with E-state index in [1.165, 1.54) is 7.05 Å². The Morgan fingerprint density at radius 3 is 2.58 bits per heavy atom. The van der Waals surface area contributed by atoms with Crippen LogP contribution < -0.4 is 4.90 Å². The maximum Gasteiger partial charge on any atom is 0.416 e. The second-order valence-electron chi connectivity index (χ2n) is 5.41. The fourth-order valence-corrected chi connectivity index (χ4v) is 2.31. The zero-order chi connectivity index (χ0) is 17.9. The van der Waals surface area contributed by atoms with Gasteiger partial charge in [-0.25, -0.2) is 0 Å². The molecule has 5 nitrogen and oxygen atoms in total. The van der Waals surface area contributed by atoms with E-state index in [9.17, 15) is 28.1 Å². The summed E-state index contributed by atoms with van der Waals surface area (Å²) in [4.78, 5) is 23.2. The van der Waals surface area contributed by atoms with Gasteiger partial charge in [-0.2, -0.15) is 13.2 Å². The van der Waals surface area contributed by atoms with Crippen molar-refractivity contribution in [3.05, 3.63) is 57.7 Å². The fraction of sp³-hybridized carbons (Fsp3) is 0.312. The number of nitro groups is 1. The van der Waals surface area contributed by atoms with Gasteiger partial charge in [0.15, 0.2) is 0 Å². The number of hydrogen-bond acceptors (Lipinski definition) is 3. The van der Waals surface area contributed by atoms with Crippen LogP contribution in [-0.2, 0) is 11.0 Å². The van der Waals surface area contributed by atoms with Crippen LogP contribution in [0.25, 0.3) is 0 Å². The lowest BCUT2D eigenvalue weighted by Crippen LogP contribution is -2.27. The van der Waals surface area contributed by atoms with Gasteiger partial charge in [-0.3, -0.25) is 14.9 Å². The van der Waals surface area contributed by atoms with Crippen LogP contribution in [0.1, 0.15) is 24.8 Å². The van der Waals surface area contributed by atoms with E-state index in [1.807, 2.05) is 12.2 Å². The molecule has 0 aromatic heterocycles. The van der Waals surface area contributed by atoms with Crippen LogP contribution in [0.3, 0.4) is 0 Å². The third-order valence-electron chi connectivity index (χ3n) is 3.68. The van der Waals surface area contributed by atoms with E-state index in [-0.39, 0.29) is 12.1 Å². The number of benzene rings is 1. The Labute approximate surface area is 136 Å². The summed E-state index contributed by atoms with van der Waals surface area (Å²) in [6.45, 7) is 0. The number of non-ortho nitro benzene ring substituents is 1. The Hall–Kier alpha value is -2.64. The number of hydrogen-bond donors (Lipinski definition) is 0. The largest absolute Gasteiger partial charge is 0.416 e. The van der Waals surface area contributed by atoms with Gasteiger partial charge < -0.3 is 4.90 Å². The summed E-state index contributed by atoms with van der Waals surface area (Å²) >= 11 is 0. The number of halogens is 3. The lowest BCUT2D eigenvalue weighted by atomic mass is 10.0. The maximum absolute atomic E-state index is 12.9. The molecule has 128 valence electrons. The molecule has 0 unspecified atom stereocenters. The third-order valence-corrected chi connectivity index (χ3v) is 3.68. The van der Waals surface area contributed by atoms with Crippen LogP contribution in [0, 0.1) is 10.1 Å². The Balaban J connectivity index is 2.30. The Bertz CT molecular complexity index is 724. The summed E-state index contributed by atoms with van der Waals surface area (Å²) in [6, 6.07) is 2.15. The van der Waals surface area contributed by atoms with E-state index in [1.54, 1.807) is 6.08 Å². The molecule has 1 amide bonds. The highest BCUT2D eigenvalue weighted by molar-refractivity contribution is 5.94. The van der Waals surface area contributed by atoms with Crippen molar-refractivity contribution >= 4 is 17.3 Å². The van der Waals surface area contributed by atoms with Crippen molar-refractivity contribution in [1.82, 2.24) is 0 Å². The first kappa shape index (κ1) is 17.7. The van der Waals surface area contributed by atoms with Crippen molar-refractivity contribution in [2.45, 2.75) is 25.4 Å². The molecular weight excluding hydrogens is 325 g/mol. The number of nitro benzene ring substituents is 1. The smallest absolute Gasteiger partial charge is 0.315 e. The second-order valence-corrected chi connectivity index (χ2v) is 5.41. The molecule has 0 aliphatic heterocycles. The van der Waals surface area contributed by atoms with E-state index in [0.29, 0.717) is 12.5 Å². The fourth-order valence-electron chi connectivity index (χ4n) is 2.31. The van der Waals surface area contributed by atoms with Crippen molar-refractivity contribution in [3.8, 4) is 0 Å². The van der Waals surface area contributed by atoms with Gasteiger partial charge in [-0.1, -0.05) is 23.8 Å². The van der Waals surface area contributed by atoms with Crippen molar-refractivity contribution in [1.29, 1.82) is 0 Å². The molecule has 8 heteroatoms. The van der Waals surface area contributed by atoms with Gasteiger partial charge >= 0.3 is 6.18 Å². The molecular formula is C16H15F3N2O3. The van der Waals surface area contributed by atoms with Crippen LogP contribution in [-0.4, -0.2) is 17.9 Å². The molecule has 0 spiro atoms. The molecule has 1 aliphatic carbocycles. The van der Waals surface area contributed by atoms with Crippen molar-refractivity contribution in [2.24, 2.45) is 0 Å². The number of allylic oxidation sites excluding steroid dienone is 3. The molecule has 24 heavy (non-hydrogen) atoms. The molecule has 0 N–H and O–H groups in total. The summed E-state index contributed by atoms with van der Waals surface area (Å²) in [5.74, 6) is -0.426. The first-order valence-corrected chi connectivity index (χ1v) is 7.16. The molecule has 0 saturated carbocycles. The first-order valence-electron chi connectivity index (χ1n) is 7.16. The average molecular weight is 340 g/mol. The summed E-state index contributed by atoms with van der Waals surface area (Å²) in [6.07, 6.45) is 2.40. The quantitative estimate of drug-likeness (QED) is 0.608. The number of carbonyl (C=O) groups is 1. The van der Waals surface area contributed by atoms with E-state index in [4.69, 9.17) is 0 Å². The molecule has 1 aromatic carbocycles. The molecule has 0 atom stereocenters. The highest BCUT2D eigenvalue weighted by Crippen LogP contribution is 2.35. The van der Waals surface area contributed by atoms with Crippen LogP contribution >= 0.6 is 0 Å². The SMILES string of the molecule is CN(C(=O)CC1=CC=CCC1)c1cc([N+](=O)[O-])cc(C(F)(F)F)c1. The highest BCUT2D eigenvalue weighted by atomic mass is 19.4. The topological polar surface area (TPSA) is 63.5 Å². The Morgan fingerprint density at radius 1 is 1.33 bits per heavy atom. The highest BCUT2D eigenvalue weighted by Gasteiger charge is 2.33. The number of rotatable bonds is 4. The minimum absolute atomic E-state index is 0.0604. The number of carbonyl (C=O) groups excluding carboxylic acids is 1. The molecule has 0 bridgehead atoms. The van der Waals surface area contributed by atoms with Crippen molar-refractivity contribution in [3.63, 3.8) is 0 Å². The molecule has 1 aliphatic rings. The molecule has 2 rings (SSSR count). The molecule has 0 heterocycles.